The average Bonchev–Trinajstić information content (AvgIpc) is 2.94. The predicted octanol–water partition coefficient (Wildman–Crippen LogP) is 4.29. The second-order valence-electron chi connectivity index (χ2n) is 5.98. The van der Waals surface area contributed by atoms with Gasteiger partial charge in [-0.05, 0) is 50.1 Å². The minimum atomic E-state index is 0.230. The molecule has 0 saturated carbocycles. The van der Waals surface area contributed by atoms with Crippen LogP contribution in [0.4, 0.5) is 11.4 Å². The normalized spacial score (nSPS) is 15.9. The van der Waals surface area contributed by atoms with E-state index < -0.39 is 0 Å². The van der Waals surface area contributed by atoms with Crippen molar-refractivity contribution in [2.45, 2.75) is 32.7 Å². The Labute approximate surface area is 132 Å². The van der Waals surface area contributed by atoms with Gasteiger partial charge in [-0.3, -0.25) is 4.79 Å². The quantitative estimate of drug-likeness (QED) is 0.912. The van der Waals surface area contributed by atoms with Gasteiger partial charge in [-0.25, -0.2) is 0 Å². The van der Waals surface area contributed by atoms with Crippen molar-refractivity contribution in [3.05, 3.63) is 59.7 Å². The van der Waals surface area contributed by atoms with Crippen LogP contribution < -0.4 is 10.2 Å². The van der Waals surface area contributed by atoms with Gasteiger partial charge in [-0.1, -0.05) is 29.8 Å². The van der Waals surface area contributed by atoms with E-state index in [9.17, 15) is 4.79 Å². The van der Waals surface area contributed by atoms with Gasteiger partial charge in [0.2, 0.25) is 5.91 Å². The highest BCUT2D eigenvalue weighted by Gasteiger charge is 2.21. The van der Waals surface area contributed by atoms with Crippen LogP contribution in [0, 0.1) is 6.92 Å². The van der Waals surface area contributed by atoms with E-state index in [2.05, 4.69) is 43.4 Å². The molecule has 1 saturated heterocycles. The van der Waals surface area contributed by atoms with Crippen molar-refractivity contribution in [1.29, 1.82) is 0 Å². The molecule has 0 bridgehead atoms. The Kier molecular flexibility index (Phi) is 4.14. The van der Waals surface area contributed by atoms with Crippen LogP contribution in [0.3, 0.4) is 0 Å². The highest BCUT2D eigenvalue weighted by molar-refractivity contribution is 5.95. The molecule has 0 spiro atoms. The Morgan fingerprint density at radius 3 is 2.55 bits per heavy atom. The standard InChI is InChI=1S/C19H22N2O/c1-14-5-3-6-16(13-14)15(2)20-17-8-10-18(11-9-17)21-12-4-7-19(21)22/h3,5-6,8-11,13,15,20H,4,7,12H2,1-2H3/t15-/m1/s1. The van der Waals surface area contributed by atoms with Crippen LogP contribution >= 0.6 is 0 Å². The Hall–Kier alpha value is -2.29. The van der Waals surface area contributed by atoms with Gasteiger partial charge in [-0.2, -0.15) is 0 Å². The van der Waals surface area contributed by atoms with E-state index in [0.29, 0.717) is 6.42 Å². The zero-order chi connectivity index (χ0) is 15.5. The van der Waals surface area contributed by atoms with Crippen molar-refractivity contribution < 1.29 is 4.79 Å². The largest absolute Gasteiger partial charge is 0.379 e. The Morgan fingerprint density at radius 1 is 1.14 bits per heavy atom. The van der Waals surface area contributed by atoms with E-state index in [-0.39, 0.29) is 11.9 Å². The Balaban J connectivity index is 1.69. The summed E-state index contributed by atoms with van der Waals surface area (Å²) in [6.07, 6.45) is 1.63. The molecule has 1 atom stereocenters. The molecular formula is C19H22N2O. The highest BCUT2D eigenvalue weighted by atomic mass is 16.2. The van der Waals surface area contributed by atoms with Crippen LogP contribution in [0.5, 0.6) is 0 Å². The fourth-order valence-electron chi connectivity index (χ4n) is 2.93. The van der Waals surface area contributed by atoms with Crippen molar-refractivity contribution in [1.82, 2.24) is 0 Å². The molecule has 0 unspecified atom stereocenters. The van der Waals surface area contributed by atoms with Gasteiger partial charge in [0.05, 0.1) is 0 Å². The number of hydrogen-bond donors (Lipinski definition) is 1. The molecule has 1 aliphatic rings. The molecule has 22 heavy (non-hydrogen) atoms. The van der Waals surface area contributed by atoms with Crippen LogP contribution in [0.25, 0.3) is 0 Å². The zero-order valence-electron chi connectivity index (χ0n) is 13.2. The first kappa shape index (κ1) is 14.6. The minimum Gasteiger partial charge on any atom is -0.379 e. The van der Waals surface area contributed by atoms with Gasteiger partial charge in [0.25, 0.3) is 0 Å². The van der Waals surface area contributed by atoms with Crippen molar-refractivity contribution in [2.24, 2.45) is 0 Å². The van der Waals surface area contributed by atoms with Crippen LogP contribution in [-0.2, 0) is 4.79 Å². The maximum atomic E-state index is 11.8. The molecule has 114 valence electrons. The molecular weight excluding hydrogens is 272 g/mol. The van der Waals surface area contributed by atoms with Crippen LogP contribution in [0.15, 0.2) is 48.5 Å². The molecule has 0 aliphatic carbocycles. The summed E-state index contributed by atoms with van der Waals surface area (Å²) in [7, 11) is 0. The summed E-state index contributed by atoms with van der Waals surface area (Å²) in [6.45, 7) is 5.11. The van der Waals surface area contributed by atoms with Crippen LogP contribution in [0.2, 0.25) is 0 Å². The number of carbonyl (C=O) groups is 1. The SMILES string of the molecule is Cc1cccc([C@@H](C)Nc2ccc(N3CCCC3=O)cc2)c1. The monoisotopic (exact) mass is 294 g/mol. The molecule has 1 N–H and O–H groups in total. The first-order valence-corrected chi connectivity index (χ1v) is 7.87. The van der Waals surface area contributed by atoms with Gasteiger partial charge in [0.15, 0.2) is 0 Å². The number of anilines is 2. The van der Waals surface area contributed by atoms with E-state index in [1.807, 2.05) is 29.2 Å². The molecule has 1 amide bonds. The maximum absolute atomic E-state index is 11.8. The number of nitrogens with one attached hydrogen (secondary N) is 1. The molecule has 0 radical (unpaired) electrons. The van der Waals surface area contributed by atoms with Gasteiger partial charge in [0, 0.05) is 30.4 Å². The lowest BCUT2D eigenvalue weighted by Crippen LogP contribution is -2.23. The van der Waals surface area contributed by atoms with Crippen molar-refractivity contribution in [3.8, 4) is 0 Å². The van der Waals surface area contributed by atoms with Gasteiger partial charge < -0.3 is 10.2 Å². The molecule has 2 aromatic rings. The third-order valence-corrected chi connectivity index (χ3v) is 4.18. The highest BCUT2D eigenvalue weighted by Crippen LogP contribution is 2.25. The summed E-state index contributed by atoms with van der Waals surface area (Å²) < 4.78 is 0. The lowest BCUT2D eigenvalue weighted by molar-refractivity contribution is -0.117. The summed E-state index contributed by atoms with van der Waals surface area (Å²) >= 11 is 0. The van der Waals surface area contributed by atoms with E-state index in [4.69, 9.17) is 0 Å². The Morgan fingerprint density at radius 2 is 1.91 bits per heavy atom. The molecule has 1 fully saturated rings. The fraction of sp³-hybridized carbons (Fsp3) is 0.316. The molecule has 3 rings (SSSR count). The fourth-order valence-corrected chi connectivity index (χ4v) is 2.93. The van der Waals surface area contributed by atoms with Crippen molar-refractivity contribution >= 4 is 17.3 Å². The predicted molar refractivity (Wildman–Crippen MR) is 91.2 cm³/mol. The lowest BCUT2D eigenvalue weighted by atomic mass is 10.1. The number of amides is 1. The van der Waals surface area contributed by atoms with Crippen molar-refractivity contribution in [2.75, 3.05) is 16.8 Å². The van der Waals surface area contributed by atoms with E-state index in [0.717, 1.165) is 24.3 Å². The summed E-state index contributed by atoms with van der Waals surface area (Å²) in [6, 6.07) is 16.9. The second kappa shape index (κ2) is 6.22. The summed E-state index contributed by atoms with van der Waals surface area (Å²) in [5, 5.41) is 3.51. The summed E-state index contributed by atoms with van der Waals surface area (Å²) in [4.78, 5) is 13.6. The molecule has 2 aromatic carbocycles. The van der Waals surface area contributed by atoms with Gasteiger partial charge >= 0.3 is 0 Å². The van der Waals surface area contributed by atoms with E-state index in [1.54, 1.807) is 0 Å². The second-order valence-corrected chi connectivity index (χ2v) is 5.98. The molecule has 3 heteroatoms. The number of carbonyl (C=O) groups excluding carboxylic acids is 1. The van der Waals surface area contributed by atoms with Crippen LogP contribution in [0.1, 0.15) is 36.9 Å². The third-order valence-electron chi connectivity index (χ3n) is 4.18. The molecule has 3 nitrogen and oxygen atoms in total. The number of benzene rings is 2. The van der Waals surface area contributed by atoms with Gasteiger partial charge in [0.1, 0.15) is 0 Å². The first-order valence-electron chi connectivity index (χ1n) is 7.87. The number of aryl methyl sites for hydroxylation is 1. The first-order chi connectivity index (χ1) is 10.6. The summed E-state index contributed by atoms with van der Waals surface area (Å²) in [5.74, 6) is 0.230. The van der Waals surface area contributed by atoms with E-state index >= 15 is 0 Å². The summed E-state index contributed by atoms with van der Waals surface area (Å²) in [5.41, 5.74) is 4.62. The lowest BCUT2D eigenvalue weighted by Gasteiger charge is -2.19. The number of rotatable bonds is 4. The Bertz CT molecular complexity index is 663. The van der Waals surface area contributed by atoms with Crippen LogP contribution in [-0.4, -0.2) is 12.5 Å². The average molecular weight is 294 g/mol. The molecule has 0 aromatic heterocycles. The number of nitrogens with zero attached hydrogens (tertiary/aromatic N) is 1. The number of hydrogen-bond acceptors (Lipinski definition) is 2. The zero-order valence-corrected chi connectivity index (χ0v) is 13.2. The topological polar surface area (TPSA) is 32.3 Å². The van der Waals surface area contributed by atoms with E-state index in [1.165, 1.54) is 11.1 Å². The maximum Gasteiger partial charge on any atom is 0.227 e. The van der Waals surface area contributed by atoms with Crippen molar-refractivity contribution in [3.63, 3.8) is 0 Å². The smallest absolute Gasteiger partial charge is 0.227 e. The molecule has 1 heterocycles. The third kappa shape index (κ3) is 3.14. The van der Waals surface area contributed by atoms with Gasteiger partial charge in [-0.15, -0.1) is 0 Å². The minimum absolute atomic E-state index is 0.230. The molecule has 1 aliphatic heterocycles.